The van der Waals surface area contributed by atoms with E-state index in [1.54, 1.807) is 0 Å². The van der Waals surface area contributed by atoms with E-state index in [0.717, 1.165) is 13.0 Å². The quantitative estimate of drug-likeness (QED) is 0.742. The molecule has 0 amide bonds. The predicted molar refractivity (Wildman–Crippen MR) is 63.8 cm³/mol. The number of hydrogen-bond acceptors (Lipinski definition) is 3. The van der Waals surface area contributed by atoms with Gasteiger partial charge in [0.25, 0.3) is 0 Å². The number of rotatable bonds is 4. The van der Waals surface area contributed by atoms with Gasteiger partial charge in [0, 0.05) is 18.1 Å². The molecule has 1 heterocycles. The second kappa shape index (κ2) is 4.40. The predicted octanol–water partition coefficient (Wildman–Crippen LogP) is 1.35. The van der Waals surface area contributed by atoms with Gasteiger partial charge in [0.2, 0.25) is 0 Å². The average Bonchev–Trinajstić information content (AvgIpc) is 2.44. The molecule has 1 fully saturated rings. The Hall–Kier alpha value is -0.120. The minimum Gasteiger partial charge on any atom is -0.389 e. The third-order valence-electron chi connectivity index (χ3n) is 3.67. The van der Waals surface area contributed by atoms with Gasteiger partial charge in [0.05, 0.1) is 5.60 Å². The van der Waals surface area contributed by atoms with Crippen molar-refractivity contribution in [2.24, 2.45) is 5.73 Å². The smallest absolute Gasteiger partial charge is 0.0756 e. The largest absolute Gasteiger partial charge is 0.389 e. The minimum atomic E-state index is -0.724. The van der Waals surface area contributed by atoms with Crippen LogP contribution in [0, 0.1) is 0 Å². The molecule has 0 aromatic heterocycles. The van der Waals surface area contributed by atoms with Crippen LogP contribution in [0.3, 0.4) is 0 Å². The van der Waals surface area contributed by atoms with Crippen molar-refractivity contribution in [1.29, 1.82) is 0 Å². The lowest BCUT2D eigenvalue weighted by molar-refractivity contribution is 0.0145. The first-order valence-corrected chi connectivity index (χ1v) is 5.98. The molecule has 2 atom stereocenters. The zero-order valence-corrected chi connectivity index (χ0v) is 10.6. The molecule has 0 aliphatic carbocycles. The van der Waals surface area contributed by atoms with E-state index in [4.69, 9.17) is 5.73 Å². The molecule has 3 N–H and O–H groups in total. The zero-order valence-electron chi connectivity index (χ0n) is 10.6. The van der Waals surface area contributed by atoms with Gasteiger partial charge in [-0.05, 0) is 53.5 Å². The Morgan fingerprint density at radius 3 is 2.53 bits per heavy atom. The Morgan fingerprint density at radius 2 is 2.13 bits per heavy atom. The van der Waals surface area contributed by atoms with E-state index in [1.165, 1.54) is 12.8 Å². The first-order valence-electron chi connectivity index (χ1n) is 5.98. The fraction of sp³-hybridized carbons (Fsp3) is 1.00. The van der Waals surface area contributed by atoms with Crippen molar-refractivity contribution in [3.63, 3.8) is 0 Å². The highest BCUT2D eigenvalue weighted by atomic mass is 16.3. The lowest BCUT2D eigenvalue weighted by atomic mass is 9.94. The van der Waals surface area contributed by atoms with Crippen LogP contribution < -0.4 is 5.73 Å². The summed E-state index contributed by atoms with van der Waals surface area (Å²) < 4.78 is 0. The van der Waals surface area contributed by atoms with Gasteiger partial charge >= 0.3 is 0 Å². The van der Waals surface area contributed by atoms with Gasteiger partial charge in [0.1, 0.15) is 0 Å². The van der Waals surface area contributed by atoms with E-state index < -0.39 is 5.60 Å². The van der Waals surface area contributed by atoms with Crippen molar-refractivity contribution in [2.45, 2.75) is 64.1 Å². The number of likely N-dealkylation sites (tertiary alicyclic amines) is 1. The molecular formula is C12H26N2O. The summed E-state index contributed by atoms with van der Waals surface area (Å²) in [5, 5.41) is 9.97. The number of nitrogens with zero attached hydrogens (tertiary/aromatic N) is 1. The molecule has 1 aliphatic rings. The van der Waals surface area contributed by atoms with Crippen LogP contribution in [0.25, 0.3) is 0 Å². The van der Waals surface area contributed by atoms with Crippen molar-refractivity contribution in [2.75, 3.05) is 13.1 Å². The Balaban J connectivity index is 2.57. The topological polar surface area (TPSA) is 49.5 Å². The van der Waals surface area contributed by atoms with Crippen molar-refractivity contribution < 1.29 is 5.11 Å². The van der Waals surface area contributed by atoms with Gasteiger partial charge in [-0.25, -0.2) is 0 Å². The van der Waals surface area contributed by atoms with Crippen molar-refractivity contribution in [3.05, 3.63) is 0 Å². The first-order chi connectivity index (χ1) is 6.78. The third kappa shape index (κ3) is 3.16. The highest BCUT2D eigenvalue weighted by Crippen LogP contribution is 2.32. The van der Waals surface area contributed by atoms with Gasteiger partial charge in [-0.3, -0.25) is 4.90 Å². The number of nitrogens with two attached hydrogens (primary N) is 1. The van der Waals surface area contributed by atoms with E-state index >= 15 is 0 Å². The molecule has 1 aliphatic heterocycles. The third-order valence-corrected chi connectivity index (χ3v) is 3.67. The van der Waals surface area contributed by atoms with Crippen LogP contribution in [-0.4, -0.2) is 40.3 Å². The molecule has 0 aromatic carbocycles. The maximum absolute atomic E-state index is 9.97. The molecule has 0 bridgehead atoms. The van der Waals surface area contributed by atoms with Crippen molar-refractivity contribution in [1.82, 2.24) is 4.90 Å². The lowest BCUT2D eigenvalue weighted by Gasteiger charge is -2.39. The zero-order chi connectivity index (χ0) is 11.7. The molecule has 1 rings (SSSR count). The van der Waals surface area contributed by atoms with Crippen LogP contribution in [-0.2, 0) is 0 Å². The van der Waals surface area contributed by atoms with Gasteiger partial charge < -0.3 is 10.8 Å². The van der Waals surface area contributed by atoms with Crippen LogP contribution in [0.4, 0.5) is 0 Å². The summed E-state index contributed by atoms with van der Waals surface area (Å²) in [6.45, 7) is 10.1. The van der Waals surface area contributed by atoms with Gasteiger partial charge in [-0.1, -0.05) is 0 Å². The average molecular weight is 214 g/mol. The summed E-state index contributed by atoms with van der Waals surface area (Å²) in [5.74, 6) is 0. The van der Waals surface area contributed by atoms with Gasteiger partial charge in [-0.2, -0.15) is 0 Å². The Kier molecular flexibility index (Phi) is 3.80. The van der Waals surface area contributed by atoms with E-state index in [1.807, 2.05) is 6.92 Å². The summed E-state index contributed by atoms with van der Waals surface area (Å²) in [7, 11) is 0. The Morgan fingerprint density at radius 1 is 1.53 bits per heavy atom. The Bertz CT molecular complexity index is 214. The van der Waals surface area contributed by atoms with Crippen LogP contribution in [0.1, 0.15) is 47.0 Å². The molecule has 0 saturated carbocycles. The van der Waals surface area contributed by atoms with Crippen LogP contribution in [0.15, 0.2) is 0 Å². The van der Waals surface area contributed by atoms with Gasteiger partial charge in [-0.15, -0.1) is 0 Å². The summed E-state index contributed by atoms with van der Waals surface area (Å²) in [4.78, 5) is 2.50. The van der Waals surface area contributed by atoms with E-state index in [0.29, 0.717) is 12.6 Å². The molecule has 3 nitrogen and oxygen atoms in total. The van der Waals surface area contributed by atoms with E-state index in [2.05, 4.69) is 25.7 Å². The summed E-state index contributed by atoms with van der Waals surface area (Å²) in [6, 6.07) is 0.404. The van der Waals surface area contributed by atoms with E-state index in [9.17, 15) is 5.11 Å². The Labute approximate surface area is 93.6 Å². The molecule has 1 saturated heterocycles. The fourth-order valence-corrected chi connectivity index (χ4v) is 2.78. The van der Waals surface area contributed by atoms with Crippen molar-refractivity contribution in [3.8, 4) is 0 Å². The monoisotopic (exact) mass is 214 g/mol. The second-order valence-electron chi connectivity index (χ2n) is 5.86. The molecule has 15 heavy (non-hydrogen) atoms. The first kappa shape index (κ1) is 12.9. The summed E-state index contributed by atoms with van der Waals surface area (Å²) in [5.41, 5.74) is 5.11. The summed E-state index contributed by atoms with van der Waals surface area (Å²) >= 11 is 0. The number of hydrogen-bond donors (Lipinski definition) is 2. The molecule has 0 aromatic rings. The fourth-order valence-electron chi connectivity index (χ4n) is 2.78. The number of aliphatic hydroxyl groups is 1. The molecule has 0 spiro atoms. The maximum atomic E-state index is 9.97. The standard InChI is InChI=1S/C12H26N2O/c1-10(8-12(4,15)9-13)14-7-5-6-11(14,2)3/h10,15H,5-9,13H2,1-4H3. The lowest BCUT2D eigenvalue weighted by Crippen LogP contribution is -2.48. The maximum Gasteiger partial charge on any atom is 0.0756 e. The van der Waals surface area contributed by atoms with Gasteiger partial charge in [0.15, 0.2) is 0 Å². The van der Waals surface area contributed by atoms with E-state index in [-0.39, 0.29) is 5.54 Å². The normalized spacial score (nSPS) is 27.6. The molecule has 90 valence electrons. The molecular weight excluding hydrogens is 188 g/mol. The van der Waals surface area contributed by atoms with Crippen LogP contribution in [0.5, 0.6) is 0 Å². The minimum absolute atomic E-state index is 0.282. The van der Waals surface area contributed by atoms with Crippen LogP contribution in [0.2, 0.25) is 0 Å². The highest BCUT2D eigenvalue weighted by Gasteiger charge is 2.36. The molecule has 2 unspecified atom stereocenters. The van der Waals surface area contributed by atoms with Crippen LogP contribution >= 0.6 is 0 Å². The summed E-state index contributed by atoms with van der Waals surface area (Å²) in [6.07, 6.45) is 3.27. The second-order valence-corrected chi connectivity index (χ2v) is 5.86. The highest BCUT2D eigenvalue weighted by molar-refractivity contribution is 4.93. The van der Waals surface area contributed by atoms with Crippen molar-refractivity contribution >= 4 is 0 Å². The molecule has 0 radical (unpaired) electrons. The SMILES string of the molecule is CC(CC(C)(O)CN)N1CCCC1(C)C. The molecule has 3 heteroatoms.